The molecule has 2 aromatic carbocycles. The van der Waals surface area contributed by atoms with E-state index >= 15 is 0 Å². The molecule has 1 atom stereocenters. The van der Waals surface area contributed by atoms with Crippen LogP contribution in [0, 0.1) is 5.92 Å². The van der Waals surface area contributed by atoms with Crippen molar-refractivity contribution >= 4 is 16.7 Å². The van der Waals surface area contributed by atoms with Gasteiger partial charge < -0.3 is 24.8 Å². The summed E-state index contributed by atoms with van der Waals surface area (Å²) in [6, 6.07) is 11.3. The number of pyridine rings is 1. The largest absolute Gasteiger partial charge is 0.454 e. The number of aliphatic hydroxyl groups is 1. The van der Waals surface area contributed by atoms with Gasteiger partial charge in [-0.2, -0.15) is 13.2 Å². The van der Waals surface area contributed by atoms with Crippen molar-refractivity contribution in [1.29, 1.82) is 0 Å². The first-order valence-corrected chi connectivity index (χ1v) is 11.4. The lowest BCUT2D eigenvalue weighted by molar-refractivity contribution is -0.138. The lowest BCUT2D eigenvalue weighted by Gasteiger charge is -2.34. The molecule has 3 aromatic rings. The average molecular weight is 473 g/mol. The second-order valence-electron chi connectivity index (χ2n) is 8.76. The van der Waals surface area contributed by atoms with Gasteiger partial charge in [-0.25, -0.2) is 4.98 Å². The highest BCUT2D eigenvalue weighted by Crippen LogP contribution is 2.38. The van der Waals surface area contributed by atoms with Crippen LogP contribution in [0.5, 0.6) is 11.5 Å². The Morgan fingerprint density at radius 3 is 2.62 bits per heavy atom. The third-order valence-corrected chi connectivity index (χ3v) is 6.40. The molecule has 1 unspecified atom stereocenters. The van der Waals surface area contributed by atoms with E-state index < -0.39 is 11.7 Å². The van der Waals surface area contributed by atoms with Crippen LogP contribution < -0.4 is 19.7 Å². The molecule has 5 rings (SSSR count). The fraction of sp³-hybridized carbons (Fsp3) is 0.400. The summed E-state index contributed by atoms with van der Waals surface area (Å²) in [6.07, 6.45) is -2.50. The minimum atomic E-state index is -4.40. The summed E-state index contributed by atoms with van der Waals surface area (Å²) in [5, 5.41) is 13.7. The molecule has 34 heavy (non-hydrogen) atoms. The predicted molar refractivity (Wildman–Crippen MR) is 122 cm³/mol. The molecule has 0 amide bonds. The summed E-state index contributed by atoms with van der Waals surface area (Å²) in [5.74, 6) is 2.24. The summed E-state index contributed by atoms with van der Waals surface area (Å²) in [4.78, 5) is 7.08. The molecule has 9 heteroatoms. The van der Waals surface area contributed by atoms with Gasteiger partial charge in [0, 0.05) is 49.8 Å². The van der Waals surface area contributed by atoms with Gasteiger partial charge >= 0.3 is 6.18 Å². The summed E-state index contributed by atoms with van der Waals surface area (Å²) < 4.78 is 51.1. The second kappa shape index (κ2) is 9.31. The van der Waals surface area contributed by atoms with Gasteiger partial charge in [-0.05, 0) is 42.5 Å². The van der Waals surface area contributed by atoms with E-state index in [-0.39, 0.29) is 31.4 Å². The number of aliphatic hydroxyl groups excluding tert-OH is 1. The normalized spacial score (nSPS) is 18.0. The molecular formula is C25H26F3N3O3. The Kier molecular flexibility index (Phi) is 6.22. The van der Waals surface area contributed by atoms with E-state index in [0.717, 1.165) is 47.7 Å². The fourth-order valence-corrected chi connectivity index (χ4v) is 4.69. The van der Waals surface area contributed by atoms with Gasteiger partial charge in [0.25, 0.3) is 0 Å². The zero-order chi connectivity index (χ0) is 23.7. The van der Waals surface area contributed by atoms with E-state index in [9.17, 15) is 18.3 Å². The average Bonchev–Trinajstić information content (AvgIpc) is 3.29. The topological polar surface area (TPSA) is 66.9 Å². The van der Waals surface area contributed by atoms with E-state index in [1.54, 1.807) is 6.07 Å². The van der Waals surface area contributed by atoms with Gasteiger partial charge in [0.1, 0.15) is 5.82 Å². The molecule has 0 spiro atoms. The van der Waals surface area contributed by atoms with E-state index in [0.29, 0.717) is 24.6 Å². The first-order valence-electron chi connectivity index (χ1n) is 11.4. The highest BCUT2D eigenvalue weighted by Gasteiger charge is 2.32. The third kappa shape index (κ3) is 4.63. The quantitative estimate of drug-likeness (QED) is 0.550. The van der Waals surface area contributed by atoms with Crippen molar-refractivity contribution in [2.75, 3.05) is 31.4 Å². The number of hydrogen-bond acceptors (Lipinski definition) is 6. The number of hydrogen-bond donors (Lipinski definition) is 2. The maximum absolute atomic E-state index is 13.4. The van der Waals surface area contributed by atoms with Crippen molar-refractivity contribution < 1.29 is 27.8 Å². The highest BCUT2D eigenvalue weighted by molar-refractivity contribution is 5.85. The molecule has 6 nitrogen and oxygen atoms in total. The summed E-state index contributed by atoms with van der Waals surface area (Å²) in [7, 11) is 0. The zero-order valence-electron chi connectivity index (χ0n) is 18.6. The molecule has 180 valence electrons. The van der Waals surface area contributed by atoms with Crippen LogP contribution >= 0.6 is 0 Å². The molecule has 3 heterocycles. The summed E-state index contributed by atoms with van der Waals surface area (Å²) in [5.41, 5.74) is 1.21. The van der Waals surface area contributed by atoms with Crippen LogP contribution in [-0.4, -0.2) is 36.6 Å². The number of nitrogens with one attached hydrogen (secondary N) is 1. The molecule has 2 aliphatic rings. The number of halogens is 3. The molecule has 0 radical (unpaired) electrons. The van der Waals surface area contributed by atoms with Gasteiger partial charge in [-0.1, -0.05) is 18.2 Å². The SMILES string of the molecule is OCC1CCCN(c2nc3cc4c(cc3cc2CNCc2ccccc2C(F)(F)F)OCO4)C1. The number of anilines is 1. The van der Waals surface area contributed by atoms with Crippen LogP contribution in [0.1, 0.15) is 29.5 Å². The Morgan fingerprint density at radius 2 is 1.82 bits per heavy atom. The molecule has 2 aliphatic heterocycles. The lowest BCUT2D eigenvalue weighted by Crippen LogP contribution is -2.38. The zero-order valence-corrected chi connectivity index (χ0v) is 18.6. The van der Waals surface area contributed by atoms with Crippen LogP contribution in [0.15, 0.2) is 42.5 Å². The molecule has 0 bridgehead atoms. The van der Waals surface area contributed by atoms with Gasteiger partial charge in [-0.15, -0.1) is 0 Å². The minimum Gasteiger partial charge on any atom is -0.454 e. The predicted octanol–water partition coefficient (Wildman–Crippen LogP) is 4.48. The van der Waals surface area contributed by atoms with Crippen molar-refractivity contribution in [2.45, 2.75) is 32.1 Å². The molecule has 1 aromatic heterocycles. The third-order valence-electron chi connectivity index (χ3n) is 6.40. The van der Waals surface area contributed by atoms with Crippen molar-refractivity contribution in [2.24, 2.45) is 5.92 Å². The van der Waals surface area contributed by atoms with E-state index in [1.165, 1.54) is 12.1 Å². The second-order valence-corrected chi connectivity index (χ2v) is 8.76. The Hall–Kier alpha value is -3.04. The Labute approximate surface area is 195 Å². The summed E-state index contributed by atoms with van der Waals surface area (Å²) in [6.45, 7) is 2.19. The summed E-state index contributed by atoms with van der Waals surface area (Å²) >= 11 is 0. The number of fused-ring (bicyclic) bond motifs is 2. The Morgan fingerprint density at radius 1 is 1.06 bits per heavy atom. The van der Waals surface area contributed by atoms with Gasteiger partial charge in [0.15, 0.2) is 11.5 Å². The molecule has 0 saturated carbocycles. The first kappa shape index (κ1) is 22.7. The maximum atomic E-state index is 13.4. The number of alkyl halides is 3. The van der Waals surface area contributed by atoms with Crippen molar-refractivity contribution in [1.82, 2.24) is 10.3 Å². The first-order chi connectivity index (χ1) is 16.4. The van der Waals surface area contributed by atoms with Crippen molar-refractivity contribution in [3.8, 4) is 11.5 Å². The van der Waals surface area contributed by atoms with Crippen molar-refractivity contribution in [3.63, 3.8) is 0 Å². The smallest absolute Gasteiger partial charge is 0.416 e. The van der Waals surface area contributed by atoms with Crippen LogP contribution in [0.4, 0.5) is 19.0 Å². The van der Waals surface area contributed by atoms with E-state index in [1.807, 2.05) is 18.2 Å². The monoisotopic (exact) mass is 473 g/mol. The molecule has 0 aliphatic carbocycles. The van der Waals surface area contributed by atoms with Crippen LogP contribution in [-0.2, 0) is 19.3 Å². The van der Waals surface area contributed by atoms with Crippen LogP contribution in [0.3, 0.4) is 0 Å². The Balaban J connectivity index is 1.45. The number of aromatic nitrogens is 1. The van der Waals surface area contributed by atoms with Gasteiger partial charge in [0.2, 0.25) is 6.79 Å². The van der Waals surface area contributed by atoms with E-state index in [2.05, 4.69) is 10.2 Å². The maximum Gasteiger partial charge on any atom is 0.416 e. The van der Waals surface area contributed by atoms with Crippen molar-refractivity contribution in [3.05, 3.63) is 59.2 Å². The van der Waals surface area contributed by atoms with Crippen LogP contribution in [0.2, 0.25) is 0 Å². The molecule has 2 N–H and O–H groups in total. The van der Waals surface area contributed by atoms with Gasteiger partial charge in [-0.3, -0.25) is 0 Å². The number of piperidine rings is 1. The molecular weight excluding hydrogens is 447 g/mol. The number of ether oxygens (including phenoxy) is 2. The minimum absolute atomic E-state index is 0.0769. The Bertz CT molecular complexity index is 1190. The number of nitrogens with zero attached hydrogens (tertiary/aromatic N) is 2. The van der Waals surface area contributed by atoms with Gasteiger partial charge in [0.05, 0.1) is 11.1 Å². The highest BCUT2D eigenvalue weighted by atomic mass is 19.4. The fourth-order valence-electron chi connectivity index (χ4n) is 4.69. The van der Waals surface area contributed by atoms with E-state index in [4.69, 9.17) is 14.5 Å². The molecule has 1 saturated heterocycles. The number of benzene rings is 2. The molecule has 1 fully saturated rings. The standard InChI is InChI=1S/C25H26F3N3O3/c26-25(27,28)20-6-2-1-5-17(20)11-29-12-19-8-18-9-22-23(34-15-33-22)10-21(18)30-24(19)31-7-3-4-16(13-31)14-32/h1-2,5-6,8-10,16,29,32H,3-4,7,11-15H2. The lowest BCUT2D eigenvalue weighted by atomic mass is 9.98. The number of rotatable bonds is 6. The van der Waals surface area contributed by atoms with Crippen LogP contribution in [0.25, 0.3) is 10.9 Å².